The molecule has 0 heterocycles. The maximum atomic E-state index is 4.68. The zero-order valence-electron chi connectivity index (χ0n) is 11.6. The van der Waals surface area contributed by atoms with E-state index in [1.807, 2.05) is 6.21 Å². The highest BCUT2D eigenvalue weighted by Crippen LogP contribution is 2.27. The van der Waals surface area contributed by atoms with Gasteiger partial charge in [-0.1, -0.05) is 59.8 Å². The molecule has 18 heavy (non-hydrogen) atoms. The lowest BCUT2D eigenvalue weighted by Gasteiger charge is -2.30. The van der Waals surface area contributed by atoms with E-state index in [4.69, 9.17) is 0 Å². The van der Waals surface area contributed by atoms with Crippen LogP contribution in [0.25, 0.3) is 0 Å². The van der Waals surface area contributed by atoms with Gasteiger partial charge in [-0.25, -0.2) is 0 Å². The molecule has 3 heteroatoms. The van der Waals surface area contributed by atoms with Gasteiger partial charge in [-0.05, 0) is 18.4 Å². The summed E-state index contributed by atoms with van der Waals surface area (Å²) < 4.78 is 0. The van der Waals surface area contributed by atoms with Crippen LogP contribution in [0.5, 0.6) is 0 Å². The van der Waals surface area contributed by atoms with Crippen LogP contribution in [0.3, 0.4) is 0 Å². The van der Waals surface area contributed by atoms with E-state index in [0.29, 0.717) is 5.54 Å². The van der Waals surface area contributed by atoms with Crippen molar-refractivity contribution in [3.63, 3.8) is 0 Å². The number of hydrogen-bond acceptors (Lipinski definition) is 2. The van der Waals surface area contributed by atoms with Gasteiger partial charge in [0.15, 0.2) is 0 Å². The number of nitrogens with zero attached hydrogens (tertiary/aromatic N) is 1. The van der Waals surface area contributed by atoms with E-state index in [2.05, 4.69) is 66.1 Å². The maximum Gasteiger partial charge on any atom is 0.106 e. The Balaban J connectivity index is 2.74. The fraction of sp³-hybridized carbons (Fsp3) is 0.400. The second-order valence-electron chi connectivity index (χ2n) is 4.98. The second kappa shape index (κ2) is 7.16. The van der Waals surface area contributed by atoms with Gasteiger partial charge in [0.05, 0.1) is 8.07 Å². The molecule has 0 spiro atoms. The third-order valence-corrected chi connectivity index (χ3v) is 7.72. The van der Waals surface area contributed by atoms with Crippen LogP contribution in [0.1, 0.15) is 12.8 Å². The monoisotopic (exact) mass is 261 g/mol. The molecular formula is C15H23NOSi. The lowest BCUT2D eigenvalue weighted by Crippen LogP contribution is -2.45. The summed E-state index contributed by atoms with van der Waals surface area (Å²) in [5, 5.41) is 5.27. The molecule has 0 radical (unpaired) electrons. The molecule has 0 saturated heterocycles. The molecule has 0 aliphatic heterocycles. The molecule has 1 aromatic rings. The number of benzene rings is 1. The quantitative estimate of drug-likeness (QED) is 0.318. The van der Waals surface area contributed by atoms with Gasteiger partial charge in [0.2, 0.25) is 0 Å². The fourth-order valence-electron chi connectivity index (χ4n) is 2.24. The first-order valence-electron chi connectivity index (χ1n) is 6.36. The Bertz CT molecular complexity index is 387. The van der Waals surface area contributed by atoms with Crippen LogP contribution in [0, 0.1) is 0 Å². The summed E-state index contributed by atoms with van der Waals surface area (Å²) in [6.07, 6.45) is 5.98. The average Bonchev–Trinajstić information content (AvgIpc) is 2.39. The Kier molecular flexibility index (Phi) is 5.85. The van der Waals surface area contributed by atoms with E-state index >= 15 is 0 Å². The molecule has 1 rings (SSSR count). The average molecular weight is 261 g/mol. The van der Waals surface area contributed by atoms with Gasteiger partial charge in [0.1, 0.15) is 7.11 Å². The van der Waals surface area contributed by atoms with E-state index in [-0.39, 0.29) is 0 Å². The van der Waals surface area contributed by atoms with E-state index < -0.39 is 8.07 Å². The summed E-state index contributed by atoms with van der Waals surface area (Å²) in [5.74, 6) is 0. The molecule has 1 atom stereocenters. The third-order valence-electron chi connectivity index (χ3n) is 3.52. The van der Waals surface area contributed by atoms with E-state index in [1.165, 1.54) is 5.19 Å². The predicted octanol–water partition coefficient (Wildman–Crippen LogP) is 3.57. The lowest BCUT2D eigenvalue weighted by atomic mass is 10.2. The molecule has 0 saturated carbocycles. The molecule has 1 aromatic carbocycles. The van der Waals surface area contributed by atoms with Crippen LogP contribution in [0.2, 0.25) is 18.6 Å². The van der Waals surface area contributed by atoms with Crippen molar-refractivity contribution in [1.82, 2.24) is 0 Å². The first kappa shape index (κ1) is 14.7. The van der Waals surface area contributed by atoms with Gasteiger partial charge in [0, 0.05) is 6.21 Å². The zero-order valence-corrected chi connectivity index (χ0v) is 12.6. The first-order chi connectivity index (χ1) is 8.62. The number of hydrogen-bond donors (Lipinski definition) is 0. The molecule has 0 aliphatic carbocycles. The standard InChI is InChI=1S/C15H23NOSi/c1-5-14(12-9-13-16-17-2)18(3,4)15-10-7-6-8-11-15/h5-8,10-11,13-14H,1,9,12H2,2-4H3/b16-13+/t14-/m1/s1. The van der Waals surface area contributed by atoms with Crippen molar-refractivity contribution in [1.29, 1.82) is 0 Å². The minimum absolute atomic E-state index is 0.559. The smallest absolute Gasteiger partial charge is 0.106 e. The summed E-state index contributed by atoms with van der Waals surface area (Å²) in [7, 11) is 0.0840. The van der Waals surface area contributed by atoms with Crippen molar-refractivity contribution in [2.45, 2.75) is 31.5 Å². The topological polar surface area (TPSA) is 21.6 Å². The highest BCUT2D eigenvalue weighted by Gasteiger charge is 2.30. The number of oxime groups is 1. The summed E-state index contributed by atoms with van der Waals surface area (Å²) in [4.78, 5) is 4.68. The van der Waals surface area contributed by atoms with Crippen LogP contribution in [0.4, 0.5) is 0 Å². The van der Waals surface area contributed by atoms with Gasteiger partial charge in [-0.15, -0.1) is 6.58 Å². The lowest BCUT2D eigenvalue weighted by molar-refractivity contribution is 0.214. The molecule has 0 amide bonds. The summed E-state index contributed by atoms with van der Waals surface area (Å²) >= 11 is 0. The van der Waals surface area contributed by atoms with E-state index in [1.54, 1.807) is 7.11 Å². The summed E-state index contributed by atoms with van der Waals surface area (Å²) in [6, 6.07) is 10.8. The molecule has 0 fully saturated rings. The molecule has 0 N–H and O–H groups in total. The predicted molar refractivity (Wildman–Crippen MR) is 82.2 cm³/mol. The molecule has 0 bridgehead atoms. The normalized spacial score (nSPS) is 13.5. The van der Waals surface area contributed by atoms with Crippen LogP contribution in [-0.4, -0.2) is 21.4 Å². The Morgan fingerprint density at radius 1 is 1.33 bits per heavy atom. The van der Waals surface area contributed by atoms with Gasteiger partial charge < -0.3 is 4.84 Å². The number of allylic oxidation sites excluding steroid dienone is 1. The first-order valence-corrected chi connectivity index (χ1v) is 9.43. The molecule has 2 nitrogen and oxygen atoms in total. The fourth-order valence-corrected chi connectivity index (χ4v) is 5.19. The minimum atomic E-state index is -1.49. The highest BCUT2D eigenvalue weighted by molar-refractivity contribution is 6.91. The Labute approximate surface area is 111 Å². The SMILES string of the molecule is C=C[C@H](CC/C=N/OC)[Si](C)(C)c1ccccc1. The van der Waals surface area contributed by atoms with Crippen molar-refractivity contribution in [2.75, 3.05) is 7.11 Å². The summed E-state index contributed by atoms with van der Waals surface area (Å²) in [6.45, 7) is 8.82. The third kappa shape index (κ3) is 3.84. The molecule has 98 valence electrons. The Morgan fingerprint density at radius 3 is 2.56 bits per heavy atom. The summed E-state index contributed by atoms with van der Waals surface area (Å²) in [5.41, 5.74) is 0.559. The van der Waals surface area contributed by atoms with Gasteiger partial charge in [-0.2, -0.15) is 0 Å². The van der Waals surface area contributed by atoms with Crippen molar-refractivity contribution < 1.29 is 4.84 Å². The van der Waals surface area contributed by atoms with Crippen LogP contribution in [0.15, 0.2) is 48.1 Å². The molecule has 0 unspecified atom stereocenters. The van der Waals surface area contributed by atoms with Crippen molar-refractivity contribution >= 4 is 19.5 Å². The maximum absolute atomic E-state index is 4.68. The minimum Gasteiger partial charge on any atom is -0.399 e. The molecule has 0 aliphatic rings. The Hall–Kier alpha value is -1.35. The van der Waals surface area contributed by atoms with E-state index in [0.717, 1.165) is 12.8 Å². The van der Waals surface area contributed by atoms with Crippen molar-refractivity contribution in [2.24, 2.45) is 5.16 Å². The highest BCUT2D eigenvalue weighted by atomic mass is 28.3. The zero-order chi connectivity index (χ0) is 13.4. The largest absolute Gasteiger partial charge is 0.399 e. The van der Waals surface area contributed by atoms with Crippen molar-refractivity contribution in [3.8, 4) is 0 Å². The van der Waals surface area contributed by atoms with Crippen molar-refractivity contribution in [3.05, 3.63) is 43.0 Å². The number of rotatable bonds is 7. The van der Waals surface area contributed by atoms with Gasteiger partial charge in [0.25, 0.3) is 0 Å². The van der Waals surface area contributed by atoms with Gasteiger partial charge >= 0.3 is 0 Å². The van der Waals surface area contributed by atoms with Gasteiger partial charge in [-0.3, -0.25) is 0 Å². The molecular weight excluding hydrogens is 238 g/mol. The van der Waals surface area contributed by atoms with Crippen LogP contribution < -0.4 is 5.19 Å². The second-order valence-corrected chi connectivity index (χ2v) is 9.74. The van der Waals surface area contributed by atoms with E-state index in [9.17, 15) is 0 Å². The van der Waals surface area contributed by atoms with Crippen LogP contribution >= 0.6 is 0 Å². The molecule has 0 aromatic heterocycles. The van der Waals surface area contributed by atoms with Crippen LogP contribution in [-0.2, 0) is 4.84 Å². The Morgan fingerprint density at radius 2 is 2.00 bits per heavy atom.